The highest BCUT2D eigenvalue weighted by atomic mass is 19.2. The molecule has 2 aromatic carbocycles. The smallest absolute Gasteiger partial charge is 0.159 e. The molecule has 0 aliphatic heterocycles. The van der Waals surface area contributed by atoms with E-state index in [0.29, 0.717) is 16.8 Å². The van der Waals surface area contributed by atoms with E-state index in [-0.39, 0.29) is 11.5 Å². The molecule has 3 rings (SSSR count). The zero-order valence-corrected chi connectivity index (χ0v) is 11.2. The number of rotatable bonds is 2. The third kappa shape index (κ3) is 2.16. The van der Waals surface area contributed by atoms with Gasteiger partial charge in [0, 0.05) is 5.56 Å². The van der Waals surface area contributed by atoms with Crippen LogP contribution in [-0.2, 0) is 0 Å². The van der Waals surface area contributed by atoms with Crippen LogP contribution >= 0.6 is 0 Å². The van der Waals surface area contributed by atoms with Crippen molar-refractivity contribution < 1.29 is 8.78 Å². The predicted octanol–water partition coefficient (Wildman–Crippen LogP) is 2.67. The highest BCUT2D eigenvalue weighted by Gasteiger charge is 2.16. The maximum atomic E-state index is 13.3. The summed E-state index contributed by atoms with van der Waals surface area (Å²) < 4.78 is 27.6. The molecule has 1 heterocycles. The summed E-state index contributed by atoms with van der Waals surface area (Å²) in [6, 6.07) is 12.1. The van der Waals surface area contributed by atoms with Crippen LogP contribution in [0.3, 0.4) is 0 Å². The summed E-state index contributed by atoms with van der Waals surface area (Å²) in [6.45, 7) is 0. The number of nitrogens with two attached hydrogens (primary N) is 1. The van der Waals surface area contributed by atoms with Crippen LogP contribution < -0.4 is 5.73 Å². The minimum absolute atomic E-state index is 0.133. The summed E-state index contributed by atoms with van der Waals surface area (Å²) in [5, 5.41) is 16.9. The lowest BCUT2D eigenvalue weighted by molar-refractivity contribution is 0.509. The molecule has 0 unspecified atom stereocenters. The highest BCUT2D eigenvalue weighted by Crippen LogP contribution is 2.27. The Morgan fingerprint density at radius 1 is 1.09 bits per heavy atom. The molecule has 0 atom stereocenters. The number of anilines is 1. The lowest BCUT2D eigenvalue weighted by atomic mass is 10.1. The van der Waals surface area contributed by atoms with E-state index < -0.39 is 11.6 Å². The van der Waals surface area contributed by atoms with E-state index in [1.54, 1.807) is 24.3 Å². The van der Waals surface area contributed by atoms with Gasteiger partial charge in [-0.15, -0.1) is 5.10 Å². The van der Waals surface area contributed by atoms with Gasteiger partial charge in [-0.2, -0.15) is 9.94 Å². The van der Waals surface area contributed by atoms with Crippen LogP contribution in [0.5, 0.6) is 0 Å². The molecule has 0 amide bonds. The maximum absolute atomic E-state index is 13.3. The zero-order chi connectivity index (χ0) is 15.7. The van der Waals surface area contributed by atoms with Crippen LogP contribution in [0.1, 0.15) is 5.56 Å². The third-order valence-electron chi connectivity index (χ3n) is 3.15. The number of halogens is 2. The van der Waals surface area contributed by atoms with Crippen molar-refractivity contribution in [2.24, 2.45) is 0 Å². The van der Waals surface area contributed by atoms with Gasteiger partial charge in [-0.3, -0.25) is 0 Å². The minimum Gasteiger partial charge on any atom is -0.382 e. The summed E-state index contributed by atoms with van der Waals surface area (Å²) in [7, 11) is 0. The summed E-state index contributed by atoms with van der Waals surface area (Å²) in [4.78, 5) is 0. The van der Waals surface area contributed by atoms with E-state index in [1.807, 2.05) is 6.07 Å². The number of nitriles is 1. The Morgan fingerprint density at radius 2 is 1.86 bits per heavy atom. The molecule has 0 fully saturated rings. The predicted molar refractivity (Wildman–Crippen MR) is 75.8 cm³/mol. The summed E-state index contributed by atoms with van der Waals surface area (Å²) in [6.07, 6.45) is 0. The lowest BCUT2D eigenvalue weighted by Crippen LogP contribution is -2.04. The average Bonchev–Trinajstić information content (AvgIpc) is 2.91. The van der Waals surface area contributed by atoms with Gasteiger partial charge in [-0.1, -0.05) is 17.3 Å². The van der Waals surface area contributed by atoms with Crippen LogP contribution in [0, 0.1) is 23.0 Å². The van der Waals surface area contributed by atoms with E-state index in [4.69, 9.17) is 11.0 Å². The number of benzene rings is 2. The van der Waals surface area contributed by atoms with Gasteiger partial charge in [0.15, 0.2) is 17.5 Å². The first-order chi connectivity index (χ1) is 10.6. The maximum Gasteiger partial charge on any atom is 0.159 e. The van der Waals surface area contributed by atoms with Crippen molar-refractivity contribution in [3.8, 4) is 23.0 Å². The number of nitrogen functional groups attached to an aromatic ring is 1. The molecule has 0 saturated heterocycles. The topological polar surface area (TPSA) is 80.5 Å². The van der Waals surface area contributed by atoms with Gasteiger partial charge in [0.1, 0.15) is 11.8 Å². The first-order valence-corrected chi connectivity index (χ1v) is 6.28. The quantitative estimate of drug-likeness (QED) is 0.788. The fourth-order valence-electron chi connectivity index (χ4n) is 2.07. The van der Waals surface area contributed by atoms with Crippen LogP contribution in [0.4, 0.5) is 14.6 Å². The Labute approximate surface area is 124 Å². The molecule has 2 N–H and O–H groups in total. The molecule has 3 aromatic rings. The Morgan fingerprint density at radius 3 is 2.59 bits per heavy atom. The van der Waals surface area contributed by atoms with Crippen molar-refractivity contribution in [2.45, 2.75) is 0 Å². The fourth-order valence-corrected chi connectivity index (χ4v) is 2.07. The third-order valence-corrected chi connectivity index (χ3v) is 3.15. The normalized spacial score (nSPS) is 10.4. The molecule has 0 aliphatic rings. The molecule has 7 heteroatoms. The molecule has 0 aliphatic carbocycles. The molecule has 0 spiro atoms. The van der Waals surface area contributed by atoms with Crippen molar-refractivity contribution in [2.75, 3.05) is 5.73 Å². The molecule has 1 aromatic heterocycles. The Kier molecular flexibility index (Phi) is 3.27. The summed E-state index contributed by atoms with van der Waals surface area (Å²) in [5.41, 5.74) is 7.34. The monoisotopic (exact) mass is 297 g/mol. The standard InChI is InChI=1S/C15H9F2N5/c16-11-6-5-9(7-12(11)17)14-15(19)22(21-20-14)13-4-2-1-3-10(13)8-18/h1-7H,19H2. The zero-order valence-electron chi connectivity index (χ0n) is 11.2. The molecule has 5 nitrogen and oxygen atoms in total. The largest absolute Gasteiger partial charge is 0.382 e. The summed E-state index contributed by atoms with van der Waals surface area (Å²) in [5.74, 6) is -1.82. The number of hydrogen-bond donors (Lipinski definition) is 1. The average molecular weight is 297 g/mol. The van der Waals surface area contributed by atoms with Gasteiger partial charge in [-0.05, 0) is 30.3 Å². The molecule has 0 radical (unpaired) electrons. The first-order valence-electron chi connectivity index (χ1n) is 6.28. The van der Waals surface area contributed by atoms with Gasteiger partial charge < -0.3 is 5.73 Å². The van der Waals surface area contributed by atoms with Crippen LogP contribution in [-0.4, -0.2) is 15.0 Å². The van der Waals surface area contributed by atoms with Gasteiger partial charge in [0.2, 0.25) is 0 Å². The lowest BCUT2D eigenvalue weighted by Gasteiger charge is -2.05. The van der Waals surface area contributed by atoms with Crippen molar-refractivity contribution in [3.05, 3.63) is 59.7 Å². The second-order valence-electron chi connectivity index (χ2n) is 4.49. The van der Waals surface area contributed by atoms with Gasteiger partial charge in [0.25, 0.3) is 0 Å². The van der Waals surface area contributed by atoms with E-state index in [2.05, 4.69) is 10.3 Å². The van der Waals surface area contributed by atoms with Crippen LogP contribution in [0.25, 0.3) is 16.9 Å². The van der Waals surface area contributed by atoms with Gasteiger partial charge in [0.05, 0.1) is 11.3 Å². The molecule has 108 valence electrons. The van der Waals surface area contributed by atoms with E-state index in [0.717, 1.165) is 12.1 Å². The second-order valence-corrected chi connectivity index (χ2v) is 4.49. The molecular formula is C15H9F2N5. The number of aromatic nitrogens is 3. The first kappa shape index (κ1) is 13.7. The summed E-state index contributed by atoms with van der Waals surface area (Å²) >= 11 is 0. The van der Waals surface area contributed by atoms with Crippen molar-refractivity contribution >= 4 is 5.82 Å². The second kappa shape index (κ2) is 5.26. The minimum atomic E-state index is -0.996. The Balaban J connectivity index is 2.13. The fraction of sp³-hybridized carbons (Fsp3) is 0. The molecule has 0 saturated carbocycles. The molecule has 22 heavy (non-hydrogen) atoms. The SMILES string of the molecule is N#Cc1ccccc1-n1nnc(-c2ccc(F)c(F)c2)c1N. The van der Waals surface area contributed by atoms with Gasteiger partial charge >= 0.3 is 0 Å². The highest BCUT2D eigenvalue weighted by molar-refractivity contribution is 5.71. The number of para-hydroxylation sites is 1. The van der Waals surface area contributed by atoms with Crippen molar-refractivity contribution in [1.82, 2.24) is 15.0 Å². The number of hydrogen-bond acceptors (Lipinski definition) is 4. The molecular weight excluding hydrogens is 288 g/mol. The Bertz CT molecular complexity index is 895. The number of nitrogens with zero attached hydrogens (tertiary/aromatic N) is 4. The van der Waals surface area contributed by atoms with Crippen LogP contribution in [0.15, 0.2) is 42.5 Å². The van der Waals surface area contributed by atoms with E-state index in [9.17, 15) is 8.78 Å². The van der Waals surface area contributed by atoms with Gasteiger partial charge in [-0.25, -0.2) is 8.78 Å². The van der Waals surface area contributed by atoms with E-state index >= 15 is 0 Å². The van der Waals surface area contributed by atoms with Crippen molar-refractivity contribution in [3.63, 3.8) is 0 Å². The molecule has 0 bridgehead atoms. The Hall–Kier alpha value is -3.27. The van der Waals surface area contributed by atoms with Crippen molar-refractivity contribution in [1.29, 1.82) is 5.26 Å². The van der Waals surface area contributed by atoms with E-state index in [1.165, 1.54) is 10.7 Å². The van der Waals surface area contributed by atoms with Crippen LogP contribution in [0.2, 0.25) is 0 Å².